The summed E-state index contributed by atoms with van der Waals surface area (Å²) in [6.07, 6.45) is 0.932. The molecular weight excluding hydrogens is 280 g/mol. The molecule has 0 fully saturated rings. The van der Waals surface area contributed by atoms with E-state index < -0.39 is 0 Å². The van der Waals surface area contributed by atoms with E-state index in [0.29, 0.717) is 4.58 Å². The molecule has 3 heteroatoms. The number of hydrogen-bond acceptors (Lipinski definition) is 2. The van der Waals surface area contributed by atoms with Crippen molar-refractivity contribution in [1.82, 2.24) is 0 Å². The number of benzene rings is 2. The van der Waals surface area contributed by atoms with Crippen molar-refractivity contribution in [3.8, 4) is 0 Å². The Hall–Kier alpha value is -0.570. The highest BCUT2D eigenvalue weighted by atomic mass is 35.5. The number of hydrogen-bond donors (Lipinski definition) is 0. The summed E-state index contributed by atoms with van der Waals surface area (Å²) in [5.74, 6) is 0. The van der Waals surface area contributed by atoms with E-state index in [4.69, 9.17) is 11.6 Å². The molecule has 0 amide bonds. The quantitative estimate of drug-likeness (QED) is 0.725. The zero-order valence-electron chi connectivity index (χ0n) is 9.75. The van der Waals surface area contributed by atoms with Gasteiger partial charge in [-0.15, -0.1) is 35.1 Å². The Labute approximate surface area is 121 Å². The summed E-state index contributed by atoms with van der Waals surface area (Å²) in [5.41, 5.74) is 1.31. The van der Waals surface area contributed by atoms with Crippen LogP contribution < -0.4 is 0 Å². The molecule has 2 aromatic rings. The van der Waals surface area contributed by atoms with E-state index in [-0.39, 0.29) is 5.38 Å². The van der Waals surface area contributed by atoms with Crippen LogP contribution in [0.4, 0.5) is 0 Å². The third-order valence-electron chi connectivity index (χ3n) is 2.90. The maximum absolute atomic E-state index is 6.57. The average Bonchev–Trinajstić information content (AvgIpc) is 2.84. The van der Waals surface area contributed by atoms with Gasteiger partial charge in [0.25, 0.3) is 0 Å². The third kappa shape index (κ3) is 2.71. The van der Waals surface area contributed by atoms with Crippen LogP contribution in [0.25, 0.3) is 0 Å². The first-order valence-electron chi connectivity index (χ1n) is 5.93. The smallest absolute Gasteiger partial charge is 0.0764 e. The summed E-state index contributed by atoms with van der Waals surface area (Å²) < 4.78 is 0.421. The van der Waals surface area contributed by atoms with Crippen molar-refractivity contribution in [3.63, 3.8) is 0 Å². The molecule has 3 rings (SSSR count). The lowest BCUT2D eigenvalue weighted by molar-refractivity contribution is 0.917. The Balaban J connectivity index is 1.67. The first-order chi connectivity index (χ1) is 8.83. The predicted octanol–water partition coefficient (Wildman–Crippen LogP) is 5.06. The van der Waals surface area contributed by atoms with Crippen LogP contribution in [0.15, 0.2) is 64.4 Å². The minimum atomic E-state index is 0.162. The molecule has 0 aliphatic carbocycles. The van der Waals surface area contributed by atoms with Gasteiger partial charge in [0.15, 0.2) is 0 Å². The molecule has 0 bridgehead atoms. The fraction of sp³-hybridized carbons (Fsp3) is 0.200. The third-order valence-corrected chi connectivity index (χ3v) is 6.66. The number of fused-ring (bicyclic) bond motifs is 1. The molecule has 1 heterocycles. The molecule has 18 heavy (non-hydrogen) atoms. The Morgan fingerprint density at radius 3 is 2.06 bits per heavy atom. The van der Waals surface area contributed by atoms with Crippen LogP contribution >= 0.6 is 35.1 Å². The summed E-state index contributed by atoms with van der Waals surface area (Å²) in [7, 11) is 0. The first-order valence-corrected chi connectivity index (χ1v) is 8.13. The first kappa shape index (κ1) is 12.5. The molecule has 1 aliphatic heterocycles. The van der Waals surface area contributed by atoms with Crippen LogP contribution in [0.3, 0.4) is 0 Å². The van der Waals surface area contributed by atoms with Crippen LogP contribution in [-0.2, 0) is 6.42 Å². The predicted molar refractivity (Wildman–Crippen MR) is 81.7 cm³/mol. The number of halogens is 1. The highest BCUT2D eigenvalue weighted by Gasteiger charge is 2.28. The molecule has 0 aromatic heterocycles. The fourth-order valence-electron chi connectivity index (χ4n) is 2.00. The SMILES string of the molecule is ClC(Cc1ccccc1)C1Sc2ccccc2S1. The van der Waals surface area contributed by atoms with E-state index in [9.17, 15) is 0 Å². The van der Waals surface area contributed by atoms with E-state index in [1.54, 1.807) is 0 Å². The minimum absolute atomic E-state index is 0.162. The molecule has 1 aliphatic rings. The van der Waals surface area contributed by atoms with Gasteiger partial charge >= 0.3 is 0 Å². The van der Waals surface area contributed by atoms with Gasteiger partial charge in [0, 0.05) is 9.79 Å². The van der Waals surface area contributed by atoms with Crippen molar-refractivity contribution < 1.29 is 0 Å². The Morgan fingerprint density at radius 1 is 0.889 bits per heavy atom. The van der Waals surface area contributed by atoms with Gasteiger partial charge in [0.1, 0.15) is 0 Å². The lowest BCUT2D eigenvalue weighted by Crippen LogP contribution is -2.14. The Bertz CT molecular complexity index is 502. The minimum Gasteiger partial charge on any atom is -0.120 e. The normalized spacial score (nSPS) is 16.5. The van der Waals surface area contributed by atoms with Gasteiger partial charge in [-0.25, -0.2) is 0 Å². The van der Waals surface area contributed by atoms with E-state index in [1.165, 1.54) is 15.4 Å². The van der Waals surface area contributed by atoms with E-state index in [2.05, 4.69) is 48.5 Å². The zero-order chi connectivity index (χ0) is 12.4. The van der Waals surface area contributed by atoms with Gasteiger partial charge in [-0.3, -0.25) is 0 Å². The topological polar surface area (TPSA) is 0 Å². The molecule has 0 N–H and O–H groups in total. The van der Waals surface area contributed by atoms with Crippen molar-refractivity contribution in [2.45, 2.75) is 26.2 Å². The van der Waals surface area contributed by atoms with Crippen LogP contribution in [0.1, 0.15) is 5.56 Å². The Kier molecular flexibility index (Phi) is 3.88. The molecule has 1 unspecified atom stereocenters. The monoisotopic (exact) mass is 292 g/mol. The summed E-state index contributed by atoms with van der Waals surface area (Å²) in [6, 6.07) is 19.0. The van der Waals surface area contributed by atoms with E-state index in [1.807, 2.05) is 29.6 Å². The summed E-state index contributed by atoms with van der Waals surface area (Å²) in [4.78, 5) is 2.73. The van der Waals surface area contributed by atoms with Crippen LogP contribution in [0.5, 0.6) is 0 Å². The van der Waals surface area contributed by atoms with Gasteiger partial charge in [0.05, 0.1) is 9.96 Å². The maximum atomic E-state index is 6.57. The second kappa shape index (κ2) is 5.60. The number of rotatable bonds is 3. The molecule has 1 atom stereocenters. The van der Waals surface area contributed by atoms with Gasteiger partial charge in [0.2, 0.25) is 0 Å². The van der Waals surface area contributed by atoms with Gasteiger partial charge in [-0.1, -0.05) is 42.5 Å². The number of alkyl halides is 1. The van der Waals surface area contributed by atoms with Gasteiger partial charge < -0.3 is 0 Å². The number of thioether (sulfide) groups is 2. The van der Waals surface area contributed by atoms with Gasteiger partial charge in [-0.2, -0.15) is 0 Å². The fourth-order valence-corrected chi connectivity index (χ4v) is 5.26. The lowest BCUT2D eigenvalue weighted by atomic mass is 10.1. The molecule has 0 spiro atoms. The summed E-state index contributed by atoms with van der Waals surface area (Å²) in [5, 5.41) is 0.162. The average molecular weight is 293 g/mol. The molecule has 2 aromatic carbocycles. The highest BCUT2D eigenvalue weighted by Crippen LogP contribution is 2.50. The second-order valence-electron chi connectivity index (χ2n) is 4.26. The van der Waals surface area contributed by atoms with Gasteiger partial charge in [-0.05, 0) is 24.1 Å². The zero-order valence-corrected chi connectivity index (χ0v) is 12.1. The van der Waals surface area contributed by atoms with Crippen molar-refractivity contribution in [3.05, 3.63) is 60.2 Å². The Morgan fingerprint density at radius 2 is 1.44 bits per heavy atom. The van der Waals surface area contributed by atoms with Crippen LogP contribution in [0.2, 0.25) is 0 Å². The molecule has 0 radical (unpaired) electrons. The van der Waals surface area contributed by atoms with Crippen molar-refractivity contribution in [2.75, 3.05) is 0 Å². The summed E-state index contributed by atoms with van der Waals surface area (Å²) >= 11 is 10.4. The van der Waals surface area contributed by atoms with Crippen LogP contribution in [0, 0.1) is 0 Å². The van der Waals surface area contributed by atoms with Crippen molar-refractivity contribution in [1.29, 1.82) is 0 Å². The molecule has 0 saturated heterocycles. The van der Waals surface area contributed by atoms with E-state index in [0.717, 1.165) is 6.42 Å². The van der Waals surface area contributed by atoms with Crippen molar-refractivity contribution >= 4 is 35.1 Å². The molecule has 0 saturated carbocycles. The van der Waals surface area contributed by atoms with Crippen LogP contribution in [-0.4, -0.2) is 9.96 Å². The van der Waals surface area contributed by atoms with E-state index >= 15 is 0 Å². The highest BCUT2D eigenvalue weighted by molar-refractivity contribution is 8.19. The molecule has 0 nitrogen and oxygen atoms in total. The standard InChI is InChI=1S/C15H13ClS2/c16-12(10-11-6-2-1-3-7-11)15-17-13-8-4-5-9-14(13)18-15/h1-9,12,15H,10H2. The second-order valence-corrected chi connectivity index (χ2v) is 7.48. The largest absolute Gasteiger partial charge is 0.120 e. The lowest BCUT2D eigenvalue weighted by Gasteiger charge is -2.15. The van der Waals surface area contributed by atoms with Crippen molar-refractivity contribution in [2.24, 2.45) is 0 Å². The molecule has 92 valence electrons. The summed E-state index contributed by atoms with van der Waals surface area (Å²) in [6.45, 7) is 0. The maximum Gasteiger partial charge on any atom is 0.0764 e. The molecular formula is C15H13ClS2.